The molecular weight excluding hydrogens is 160 g/mol. The SMILES string of the molecule is CCC1CCCC(CNCCN)C1. The molecule has 1 saturated carbocycles. The van der Waals surface area contributed by atoms with Crippen LogP contribution in [0.15, 0.2) is 0 Å². The molecule has 78 valence electrons. The van der Waals surface area contributed by atoms with Crippen molar-refractivity contribution in [3.8, 4) is 0 Å². The standard InChI is InChI=1S/C11H24N2/c1-2-10-4-3-5-11(8-10)9-13-7-6-12/h10-11,13H,2-9,12H2,1H3. The molecule has 2 nitrogen and oxygen atoms in total. The van der Waals surface area contributed by atoms with Gasteiger partial charge in [0.05, 0.1) is 0 Å². The highest BCUT2D eigenvalue weighted by Gasteiger charge is 2.19. The molecule has 1 aliphatic carbocycles. The molecule has 1 aliphatic rings. The molecule has 0 radical (unpaired) electrons. The zero-order chi connectivity index (χ0) is 9.52. The lowest BCUT2D eigenvalue weighted by Crippen LogP contribution is -2.30. The predicted molar refractivity (Wildman–Crippen MR) is 57.7 cm³/mol. The van der Waals surface area contributed by atoms with Gasteiger partial charge in [-0.2, -0.15) is 0 Å². The van der Waals surface area contributed by atoms with E-state index in [2.05, 4.69) is 12.2 Å². The molecule has 0 aromatic heterocycles. The molecule has 0 spiro atoms. The highest BCUT2D eigenvalue weighted by molar-refractivity contribution is 4.73. The Labute approximate surface area is 82.3 Å². The van der Waals surface area contributed by atoms with Gasteiger partial charge in [-0.3, -0.25) is 0 Å². The molecule has 1 rings (SSSR count). The van der Waals surface area contributed by atoms with Crippen molar-refractivity contribution >= 4 is 0 Å². The smallest absolute Gasteiger partial charge is 0.00746 e. The second-order valence-electron chi connectivity index (χ2n) is 4.30. The van der Waals surface area contributed by atoms with E-state index < -0.39 is 0 Å². The van der Waals surface area contributed by atoms with Crippen LogP contribution < -0.4 is 11.1 Å². The monoisotopic (exact) mass is 184 g/mol. The van der Waals surface area contributed by atoms with E-state index in [1.54, 1.807) is 0 Å². The first-order chi connectivity index (χ1) is 6.36. The number of nitrogens with two attached hydrogens (primary N) is 1. The van der Waals surface area contributed by atoms with Gasteiger partial charge in [-0.05, 0) is 31.2 Å². The van der Waals surface area contributed by atoms with Crippen LogP contribution in [0.4, 0.5) is 0 Å². The van der Waals surface area contributed by atoms with Gasteiger partial charge in [0.25, 0.3) is 0 Å². The molecule has 0 aliphatic heterocycles. The summed E-state index contributed by atoms with van der Waals surface area (Å²) in [6.45, 7) is 5.26. The Hall–Kier alpha value is -0.0800. The Morgan fingerprint density at radius 1 is 1.31 bits per heavy atom. The zero-order valence-electron chi connectivity index (χ0n) is 8.89. The molecule has 1 fully saturated rings. The molecule has 2 unspecified atom stereocenters. The summed E-state index contributed by atoms with van der Waals surface area (Å²) in [5.41, 5.74) is 5.44. The summed E-state index contributed by atoms with van der Waals surface area (Å²) in [6.07, 6.45) is 7.13. The first-order valence-corrected chi connectivity index (χ1v) is 5.77. The molecule has 0 aromatic rings. The van der Waals surface area contributed by atoms with Crippen LogP contribution in [0.2, 0.25) is 0 Å². The van der Waals surface area contributed by atoms with Crippen molar-refractivity contribution in [2.75, 3.05) is 19.6 Å². The minimum absolute atomic E-state index is 0.768. The first kappa shape index (κ1) is 11.0. The third-order valence-electron chi connectivity index (χ3n) is 3.22. The lowest BCUT2D eigenvalue weighted by molar-refractivity contribution is 0.255. The molecule has 3 N–H and O–H groups in total. The van der Waals surface area contributed by atoms with Crippen molar-refractivity contribution in [2.45, 2.75) is 39.0 Å². The van der Waals surface area contributed by atoms with E-state index >= 15 is 0 Å². The molecule has 0 aromatic carbocycles. The maximum Gasteiger partial charge on any atom is 0.00746 e. The molecule has 0 amide bonds. The number of nitrogens with one attached hydrogen (secondary N) is 1. The van der Waals surface area contributed by atoms with Gasteiger partial charge >= 0.3 is 0 Å². The lowest BCUT2D eigenvalue weighted by atomic mass is 9.80. The van der Waals surface area contributed by atoms with Gasteiger partial charge in [-0.1, -0.05) is 26.2 Å². The van der Waals surface area contributed by atoms with Crippen molar-refractivity contribution in [1.29, 1.82) is 0 Å². The fraction of sp³-hybridized carbons (Fsp3) is 1.00. The lowest BCUT2D eigenvalue weighted by Gasteiger charge is -2.28. The van der Waals surface area contributed by atoms with Gasteiger partial charge in [0.1, 0.15) is 0 Å². The molecule has 2 heteroatoms. The fourth-order valence-corrected chi connectivity index (χ4v) is 2.37. The van der Waals surface area contributed by atoms with Crippen molar-refractivity contribution in [1.82, 2.24) is 5.32 Å². The second-order valence-corrected chi connectivity index (χ2v) is 4.30. The van der Waals surface area contributed by atoms with Crippen molar-refractivity contribution in [2.24, 2.45) is 17.6 Å². The van der Waals surface area contributed by atoms with Crippen LogP contribution in [0.5, 0.6) is 0 Å². The average Bonchev–Trinajstić information content (AvgIpc) is 2.19. The minimum Gasteiger partial charge on any atom is -0.329 e. The van der Waals surface area contributed by atoms with E-state index in [4.69, 9.17) is 5.73 Å². The van der Waals surface area contributed by atoms with Gasteiger partial charge in [0.15, 0.2) is 0 Å². The topological polar surface area (TPSA) is 38.0 Å². The Balaban J connectivity index is 2.11. The summed E-state index contributed by atoms with van der Waals surface area (Å²) in [5.74, 6) is 1.92. The maximum atomic E-state index is 5.44. The van der Waals surface area contributed by atoms with Crippen LogP contribution in [0, 0.1) is 11.8 Å². The van der Waals surface area contributed by atoms with Crippen LogP contribution in [0.3, 0.4) is 0 Å². The molecular formula is C11H24N2. The summed E-state index contributed by atoms with van der Waals surface area (Å²) >= 11 is 0. The quantitative estimate of drug-likeness (QED) is 0.639. The van der Waals surface area contributed by atoms with Crippen LogP contribution in [0.25, 0.3) is 0 Å². The number of hydrogen-bond acceptors (Lipinski definition) is 2. The van der Waals surface area contributed by atoms with Crippen molar-refractivity contribution in [3.63, 3.8) is 0 Å². The third kappa shape index (κ3) is 4.10. The summed E-state index contributed by atoms with van der Waals surface area (Å²) in [7, 11) is 0. The van der Waals surface area contributed by atoms with E-state index in [0.29, 0.717) is 0 Å². The third-order valence-corrected chi connectivity index (χ3v) is 3.22. The zero-order valence-corrected chi connectivity index (χ0v) is 8.89. The Morgan fingerprint density at radius 3 is 2.77 bits per heavy atom. The van der Waals surface area contributed by atoms with Crippen LogP contribution in [0.1, 0.15) is 39.0 Å². The minimum atomic E-state index is 0.768. The van der Waals surface area contributed by atoms with E-state index in [0.717, 1.165) is 24.9 Å². The number of rotatable bonds is 5. The summed E-state index contributed by atoms with van der Waals surface area (Å²) in [6, 6.07) is 0. The fourth-order valence-electron chi connectivity index (χ4n) is 2.37. The van der Waals surface area contributed by atoms with Gasteiger partial charge in [0.2, 0.25) is 0 Å². The van der Waals surface area contributed by atoms with E-state index in [1.807, 2.05) is 0 Å². The highest BCUT2D eigenvalue weighted by Crippen LogP contribution is 2.30. The normalized spacial score (nSPS) is 29.1. The van der Waals surface area contributed by atoms with Crippen LogP contribution in [-0.4, -0.2) is 19.6 Å². The Kier molecular flexibility index (Phi) is 5.40. The maximum absolute atomic E-state index is 5.44. The van der Waals surface area contributed by atoms with Crippen molar-refractivity contribution in [3.05, 3.63) is 0 Å². The van der Waals surface area contributed by atoms with Crippen LogP contribution >= 0.6 is 0 Å². The molecule has 2 atom stereocenters. The molecule has 13 heavy (non-hydrogen) atoms. The summed E-state index contributed by atoms with van der Waals surface area (Å²) < 4.78 is 0. The van der Waals surface area contributed by atoms with E-state index in [9.17, 15) is 0 Å². The van der Waals surface area contributed by atoms with Crippen molar-refractivity contribution < 1.29 is 0 Å². The van der Waals surface area contributed by atoms with Gasteiger partial charge in [-0.15, -0.1) is 0 Å². The Morgan fingerprint density at radius 2 is 2.08 bits per heavy atom. The summed E-state index contributed by atoms with van der Waals surface area (Å²) in [4.78, 5) is 0. The first-order valence-electron chi connectivity index (χ1n) is 5.77. The van der Waals surface area contributed by atoms with Gasteiger partial charge in [0, 0.05) is 13.1 Å². The predicted octanol–water partition coefficient (Wildman–Crippen LogP) is 1.75. The average molecular weight is 184 g/mol. The van der Waals surface area contributed by atoms with E-state index in [1.165, 1.54) is 38.6 Å². The Bertz CT molecular complexity index is 125. The van der Waals surface area contributed by atoms with Gasteiger partial charge < -0.3 is 11.1 Å². The molecule has 0 saturated heterocycles. The second kappa shape index (κ2) is 6.39. The largest absolute Gasteiger partial charge is 0.329 e. The molecule has 0 bridgehead atoms. The van der Waals surface area contributed by atoms with E-state index in [-0.39, 0.29) is 0 Å². The number of hydrogen-bond donors (Lipinski definition) is 2. The molecule has 0 heterocycles. The highest BCUT2D eigenvalue weighted by atomic mass is 14.9. The van der Waals surface area contributed by atoms with Gasteiger partial charge in [-0.25, -0.2) is 0 Å². The summed E-state index contributed by atoms with van der Waals surface area (Å²) in [5, 5.41) is 3.42. The van der Waals surface area contributed by atoms with Crippen LogP contribution in [-0.2, 0) is 0 Å².